The fourth-order valence-corrected chi connectivity index (χ4v) is 3.71. The van der Waals surface area contributed by atoms with E-state index in [2.05, 4.69) is 20.8 Å². The van der Waals surface area contributed by atoms with E-state index < -0.39 is 0 Å². The minimum atomic E-state index is -0.147. The standard InChI is InChI=1S/C20H24N6O2/c27-19(14-26-18(7-9-23-26)16-5-3-8-21-12-16)22-10-11-25-20(28)17-6-2-1-4-15(17)13-24-25/h1-2,4,6-7,9,13,16,21H,3,5,8,10-12,14H2,(H,22,27). The molecule has 0 aliphatic carbocycles. The number of piperidine rings is 1. The first kappa shape index (κ1) is 18.4. The van der Waals surface area contributed by atoms with Crippen LogP contribution in [0.3, 0.4) is 0 Å². The number of nitrogens with zero attached hydrogens (tertiary/aromatic N) is 4. The van der Waals surface area contributed by atoms with Gasteiger partial charge >= 0.3 is 0 Å². The third kappa shape index (κ3) is 3.96. The summed E-state index contributed by atoms with van der Waals surface area (Å²) in [5.41, 5.74) is 0.946. The highest BCUT2D eigenvalue weighted by Gasteiger charge is 2.19. The molecule has 2 N–H and O–H groups in total. The number of nitrogens with one attached hydrogen (secondary N) is 2. The van der Waals surface area contributed by atoms with Crippen molar-refractivity contribution in [3.05, 3.63) is 58.8 Å². The Morgan fingerprint density at radius 1 is 1.21 bits per heavy atom. The van der Waals surface area contributed by atoms with Crippen molar-refractivity contribution in [2.24, 2.45) is 0 Å². The molecule has 1 aromatic carbocycles. The zero-order chi connectivity index (χ0) is 19.3. The summed E-state index contributed by atoms with van der Waals surface area (Å²) in [5, 5.41) is 16.2. The van der Waals surface area contributed by atoms with E-state index in [9.17, 15) is 9.59 Å². The molecular formula is C20H24N6O2. The summed E-state index contributed by atoms with van der Waals surface area (Å²) < 4.78 is 3.16. The Labute approximate surface area is 162 Å². The average molecular weight is 380 g/mol. The zero-order valence-corrected chi connectivity index (χ0v) is 15.7. The number of benzene rings is 1. The molecule has 4 rings (SSSR count). The molecule has 1 unspecified atom stereocenters. The summed E-state index contributed by atoms with van der Waals surface area (Å²) in [7, 11) is 0. The fourth-order valence-electron chi connectivity index (χ4n) is 3.71. The Hall–Kier alpha value is -3.00. The molecular weight excluding hydrogens is 356 g/mol. The second-order valence-electron chi connectivity index (χ2n) is 7.07. The van der Waals surface area contributed by atoms with Crippen molar-refractivity contribution in [2.75, 3.05) is 19.6 Å². The third-order valence-corrected chi connectivity index (χ3v) is 5.17. The van der Waals surface area contributed by atoms with E-state index in [0.717, 1.165) is 37.0 Å². The van der Waals surface area contributed by atoms with Gasteiger partial charge in [0.1, 0.15) is 6.54 Å². The van der Waals surface area contributed by atoms with Crippen molar-refractivity contribution in [2.45, 2.75) is 31.8 Å². The molecule has 1 aliphatic heterocycles. The molecule has 1 fully saturated rings. The second-order valence-corrected chi connectivity index (χ2v) is 7.07. The Balaban J connectivity index is 1.34. The molecule has 1 atom stereocenters. The lowest BCUT2D eigenvalue weighted by Crippen LogP contribution is -2.35. The highest BCUT2D eigenvalue weighted by molar-refractivity contribution is 5.80. The van der Waals surface area contributed by atoms with Gasteiger partial charge < -0.3 is 10.6 Å². The van der Waals surface area contributed by atoms with Crippen LogP contribution in [0.15, 0.2) is 47.5 Å². The summed E-state index contributed by atoms with van der Waals surface area (Å²) in [6, 6.07) is 9.34. The van der Waals surface area contributed by atoms with Crippen LogP contribution in [0, 0.1) is 0 Å². The van der Waals surface area contributed by atoms with Crippen molar-refractivity contribution >= 4 is 16.7 Å². The number of amides is 1. The van der Waals surface area contributed by atoms with Gasteiger partial charge in [-0.25, -0.2) is 4.68 Å². The number of rotatable bonds is 6. The van der Waals surface area contributed by atoms with Crippen LogP contribution < -0.4 is 16.2 Å². The van der Waals surface area contributed by atoms with E-state index in [1.807, 2.05) is 24.3 Å². The Kier molecular flexibility index (Phi) is 5.48. The number of hydrogen-bond acceptors (Lipinski definition) is 5. The van der Waals surface area contributed by atoms with Gasteiger partial charge in [0, 0.05) is 36.3 Å². The SMILES string of the molecule is O=C(Cn1nccc1C1CCCNC1)NCCn1ncc2ccccc2c1=O. The van der Waals surface area contributed by atoms with Gasteiger partial charge in [-0.1, -0.05) is 18.2 Å². The van der Waals surface area contributed by atoms with Gasteiger partial charge in [-0.2, -0.15) is 10.2 Å². The third-order valence-electron chi connectivity index (χ3n) is 5.17. The van der Waals surface area contributed by atoms with E-state index in [0.29, 0.717) is 24.4 Å². The zero-order valence-electron chi connectivity index (χ0n) is 15.7. The normalized spacial score (nSPS) is 16.9. The molecule has 1 amide bonds. The first-order chi connectivity index (χ1) is 13.7. The van der Waals surface area contributed by atoms with Crippen molar-refractivity contribution in [1.82, 2.24) is 30.2 Å². The molecule has 3 aromatic rings. The lowest BCUT2D eigenvalue weighted by atomic mass is 9.96. The lowest BCUT2D eigenvalue weighted by Gasteiger charge is -2.23. The molecule has 1 aliphatic rings. The Morgan fingerprint density at radius 2 is 2.11 bits per heavy atom. The monoisotopic (exact) mass is 380 g/mol. The molecule has 2 aromatic heterocycles. The van der Waals surface area contributed by atoms with Gasteiger partial charge in [0.2, 0.25) is 5.91 Å². The Morgan fingerprint density at radius 3 is 2.96 bits per heavy atom. The van der Waals surface area contributed by atoms with Crippen molar-refractivity contribution < 1.29 is 4.79 Å². The van der Waals surface area contributed by atoms with Gasteiger partial charge in [-0.3, -0.25) is 14.3 Å². The minimum Gasteiger partial charge on any atom is -0.353 e. The van der Waals surface area contributed by atoms with E-state index in [-0.39, 0.29) is 18.0 Å². The number of aromatic nitrogens is 4. The molecule has 28 heavy (non-hydrogen) atoms. The number of carbonyl (C=O) groups is 1. The largest absolute Gasteiger partial charge is 0.353 e. The Bertz CT molecular complexity index is 1020. The first-order valence-electron chi connectivity index (χ1n) is 9.66. The minimum absolute atomic E-state index is 0.123. The van der Waals surface area contributed by atoms with E-state index in [1.54, 1.807) is 23.1 Å². The summed E-state index contributed by atoms with van der Waals surface area (Å²) >= 11 is 0. The van der Waals surface area contributed by atoms with Crippen molar-refractivity contribution in [1.29, 1.82) is 0 Å². The van der Waals surface area contributed by atoms with E-state index in [4.69, 9.17) is 0 Å². The molecule has 146 valence electrons. The number of fused-ring (bicyclic) bond motifs is 1. The highest BCUT2D eigenvalue weighted by Crippen LogP contribution is 2.22. The second kappa shape index (κ2) is 8.35. The maximum Gasteiger partial charge on any atom is 0.274 e. The summed E-state index contributed by atoms with van der Waals surface area (Å²) in [6.07, 6.45) is 5.66. The van der Waals surface area contributed by atoms with Crippen LogP contribution in [0.4, 0.5) is 0 Å². The molecule has 0 spiro atoms. The van der Waals surface area contributed by atoms with Crippen LogP contribution >= 0.6 is 0 Å². The van der Waals surface area contributed by atoms with Gasteiger partial charge in [-0.05, 0) is 31.5 Å². The molecule has 1 saturated heterocycles. The number of hydrogen-bond donors (Lipinski definition) is 2. The smallest absolute Gasteiger partial charge is 0.274 e. The molecule has 0 radical (unpaired) electrons. The van der Waals surface area contributed by atoms with E-state index in [1.165, 1.54) is 4.68 Å². The summed E-state index contributed by atoms with van der Waals surface area (Å²) in [5.74, 6) is 0.270. The fraction of sp³-hybridized carbons (Fsp3) is 0.400. The quantitative estimate of drug-likeness (QED) is 0.662. The molecule has 3 heterocycles. The topological polar surface area (TPSA) is 93.8 Å². The van der Waals surface area contributed by atoms with Crippen molar-refractivity contribution in [3.63, 3.8) is 0 Å². The van der Waals surface area contributed by atoms with Crippen LogP contribution in [0.1, 0.15) is 24.5 Å². The van der Waals surface area contributed by atoms with Crippen LogP contribution in [0.2, 0.25) is 0 Å². The predicted molar refractivity (Wildman–Crippen MR) is 106 cm³/mol. The molecule has 8 nitrogen and oxygen atoms in total. The predicted octanol–water partition coefficient (Wildman–Crippen LogP) is 0.876. The average Bonchev–Trinajstić information content (AvgIpc) is 3.18. The van der Waals surface area contributed by atoms with Gasteiger partial charge in [0.25, 0.3) is 5.56 Å². The molecule has 8 heteroatoms. The van der Waals surface area contributed by atoms with Gasteiger partial charge in [0.05, 0.1) is 18.1 Å². The van der Waals surface area contributed by atoms with Gasteiger partial charge in [-0.15, -0.1) is 0 Å². The maximum atomic E-state index is 12.4. The highest BCUT2D eigenvalue weighted by atomic mass is 16.2. The lowest BCUT2D eigenvalue weighted by molar-refractivity contribution is -0.121. The summed E-state index contributed by atoms with van der Waals surface area (Å²) in [4.78, 5) is 24.8. The van der Waals surface area contributed by atoms with E-state index >= 15 is 0 Å². The van der Waals surface area contributed by atoms with Crippen LogP contribution in [-0.4, -0.2) is 45.1 Å². The summed E-state index contributed by atoms with van der Waals surface area (Å²) in [6.45, 7) is 2.82. The van der Waals surface area contributed by atoms with Crippen LogP contribution in [-0.2, 0) is 17.9 Å². The maximum absolute atomic E-state index is 12.4. The van der Waals surface area contributed by atoms with Gasteiger partial charge in [0.15, 0.2) is 0 Å². The molecule has 0 saturated carbocycles. The van der Waals surface area contributed by atoms with Crippen molar-refractivity contribution in [3.8, 4) is 0 Å². The first-order valence-corrected chi connectivity index (χ1v) is 9.66. The van der Waals surface area contributed by atoms with Crippen LogP contribution in [0.25, 0.3) is 10.8 Å². The molecule has 0 bridgehead atoms. The number of carbonyl (C=O) groups excluding carboxylic acids is 1. The van der Waals surface area contributed by atoms with Crippen LogP contribution in [0.5, 0.6) is 0 Å².